The van der Waals surface area contributed by atoms with Crippen LogP contribution in [0.4, 0.5) is 0 Å². The molecule has 2 bridgehead atoms. The van der Waals surface area contributed by atoms with Crippen molar-refractivity contribution in [3.8, 4) is 0 Å². The Morgan fingerprint density at radius 1 is 1.29 bits per heavy atom. The Morgan fingerprint density at radius 3 is 2.62 bits per heavy atom. The molecule has 0 aromatic carbocycles. The number of aliphatic hydroxyl groups excluding tert-OH is 2. The molecule has 4 rings (SSSR count). The van der Waals surface area contributed by atoms with E-state index in [1.165, 1.54) is 11.3 Å². The number of carbonyl (C=O) groups excluding carboxylic acids is 2. The number of esters is 1. The van der Waals surface area contributed by atoms with Crippen LogP contribution in [-0.4, -0.2) is 51.5 Å². The van der Waals surface area contributed by atoms with Gasteiger partial charge in [0.25, 0.3) is 0 Å². The molecule has 1 saturated carbocycles. The Balaban J connectivity index is 1.81. The Bertz CT molecular complexity index is 1040. The van der Waals surface area contributed by atoms with Crippen LogP contribution in [0.1, 0.15) is 62.2 Å². The molecular weight excluding hydrogens is 452 g/mol. The summed E-state index contributed by atoms with van der Waals surface area (Å²) < 4.78 is 5.88. The number of hydrogen-bond acceptors (Lipinski definition) is 7. The normalized spacial score (nSPS) is 39.0. The summed E-state index contributed by atoms with van der Waals surface area (Å²) in [4.78, 5) is 27.1. The number of hydrogen-bond donors (Lipinski definition) is 3. The second-order valence-corrected chi connectivity index (χ2v) is 12.1. The molecule has 186 valence electrons. The van der Waals surface area contributed by atoms with Gasteiger partial charge in [0.05, 0.1) is 6.61 Å². The summed E-state index contributed by atoms with van der Waals surface area (Å²) >= 11 is 1.25. The summed E-state index contributed by atoms with van der Waals surface area (Å²) in [5.74, 6) is -0.525. The highest BCUT2D eigenvalue weighted by Gasteiger charge is 2.63. The fraction of sp³-hybridized carbons (Fsp3) is 0.630. The lowest BCUT2D eigenvalue weighted by atomic mass is 9.79. The maximum atomic E-state index is 13.6. The highest BCUT2D eigenvalue weighted by molar-refractivity contribution is 7.12. The average molecular weight is 489 g/mol. The van der Waals surface area contributed by atoms with Gasteiger partial charge in [-0.2, -0.15) is 0 Å². The number of fused-ring (bicyclic) bond motifs is 5. The lowest BCUT2D eigenvalue weighted by Crippen LogP contribution is -2.56. The molecule has 0 radical (unpaired) electrons. The number of aryl methyl sites for hydroxylation is 1. The molecule has 1 aromatic rings. The number of thiophene rings is 1. The van der Waals surface area contributed by atoms with E-state index in [1.54, 1.807) is 18.4 Å². The van der Waals surface area contributed by atoms with Gasteiger partial charge >= 0.3 is 5.97 Å². The standard InChI is InChI=1S/C27H36O6S/c1-14-6-7-16(3)24(33-25(31)22-15(2)8-9-34-22)27(32)12-20(29)18(11-17(13-28)23(27)30)21-19(10-14)26(21,4)5/h7-9,11,14,18-19,21,23-24,28,30,32H,6,10,12-13H2,1-5H3/b16-7-/t14-,18+,19+,21-,23+,24-,27-/m0/s1. The van der Waals surface area contributed by atoms with Crippen molar-refractivity contribution in [2.45, 2.75) is 71.7 Å². The maximum absolute atomic E-state index is 13.6. The molecule has 3 N–H and O–H groups in total. The van der Waals surface area contributed by atoms with Gasteiger partial charge in [0.1, 0.15) is 22.4 Å². The van der Waals surface area contributed by atoms with E-state index in [4.69, 9.17) is 4.74 Å². The first-order chi connectivity index (χ1) is 15.9. The van der Waals surface area contributed by atoms with E-state index in [-0.39, 0.29) is 29.1 Å². The third-order valence-electron chi connectivity index (χ3n) is 8.39. The molecule has 3 aliphatic rings. The molecule has 6 nitrogen and oxygen atoms in total. The highest BCUT2D eigenvalue weighted by Crippen LogP contribution is 2.65. The van der Waals surface area contributed by atoms with Crippen LogP contribution >= 0.6 is 11.3 Å². The Labute approximate surface area is 205 Å². The number of carbonyl (C=O) groups is 2. The molecule has 0 aliphatic heterocycles. The molecular formula is C27H36O6S. The van der Waals surface area contributed by atoms with Crippen molar-refractivity contribution in [1.82, 2.24) is 0 Å². The number of Topliss-reactive ketones (excluding diaryl/α,β-unsaturated/α-hetero) is 1. The largest absolute Gasteiger partial charge is 0.450 e. The number of ether oxygens (including phenoxy) is 1. The molecule has 1 aromatic heterocycles. The molecule has 7 atom stereocenters. The minimum atomic E-state index is -2.08. The van der Waals surface area contributed by atoms with Crippen LogP contribution in [0.2, 0.25) is 0 Å². The second kappa shape index (κ2) is 9.01. The first kappa shape index (κ1) is 25.3. The zero-order valence-corrected chi connectivity index (χ0v) is 21.4. The second-order valence-electron chi connectivity index (χ2n) is 11.2. The van der Waals surface area contributed by atoms with E-state index in [0.29, 0.717) is 22.3 Å². The summed E-state index contributed by atoms with van der Waals surface area (Å²) in [7, 11) is 0. The first-order valence-electron chi connectivity index (χ1n) is 12.1. The van der Waals surface area contributed by atoms with Crippen molar-refractivity contribution in [3.05, 3.63) is 45.2 Å². The topological polar surface area (TPSA) is 104 Å². The Hall–Kier alpha value is -1.80. The summed E-state index contributed by atoms with van der Waals surface area (Å²) in [6, 6.07) is 1.82. The van der Waals surface area contributed by atoms with Gasteiger partial charge in [-0.15, -0.1) is 11.3 Å². The lowest BCUT2D eigenvalue weighted by molar-refractivity contribution is -0.148. The Morgan fingerprint density at radius 2 is 2.00 bits per heavy atom. The van der Waals surface area contributed by atoms with Crippen molar-refractivity contribution in [1.29, 1.82) is 0 Å². The molecule has 0 amide bonds. The van der Waals surface area contributed by atoms with Crippen LogP contribution in [0.3, 0.4) is 0 Å². The summed E-state index contributed by atoms with van der Waals surface area (Å²) in [5, 5.41) is 35.1. The maximum Gasteiger partial charge on any atom is 0.349 e. The first-order valence-corrected chi connectivity index (χ1v) is 13.0. The predicted molar refractivity (Wildman–Crippen MR) is 130 cm³/mol. The quantitative estimate of drug-likeness (QED) is 0.441. The number of allylic oxidation sites excluding steroid dienone is 2. The van der Waals surface area contributed by atoms with E-state index >= 15 is 0 Å². The monoisotopic (exact) mass is 488 g/mol. The minimum absolute atomic E-state index is 0.0472. The fourth-order valence-corrected chi connectivity index (χ4v) is 7.02. The van der Waals surface area contributed by atoms with E-state index < -0.39 is 36.3 Å². The SMILES string of the molecule is C/C1=C/C[C@H](C)C[C@@H]2[C@H]([C@@H]3C=C(CO)[C@@H](O)[C@@](O)(CC3=O)[C@H]1OC(=O)c1sccc1C)C2(C)C. The van der Waals surface area contributed by atoms with Gasteiger partial charge in [-0.25, -0.2) is 4.79 Å². The van der Waals surface area contributed by atoms with Gasteiger partial charge in [0.15, 0.2) is 6.10 Å². The van der Waals surface area contributed by atoms with Gasteiger partial charge in [-0.3, -0.25) is 4.79 Å². The van der Waals surface area contributed by atoms with Crippen LogP contribution in [0.5, 0.6) is 0 Å². The zero-order valence-electron chi connectivity index (χ0n) is 20.6. The van der Waals surface area contributed by atoms with E-state index in [2.05, 4.69) is 20.8 Å². The highest BCUT2D eigenvalue weighted by atomic mass is 32.1. The molecule has 0 unspecified atom stereocenters. The smallest absolute Gasteiger partial charge is 0.349 e. The lowest BCUT2D eigenvalue weighted by Gasteiger charge is -2.39. The molecule has 1 heterocycles. The van der Waals surface area contributed by atoms with Crippen LogP contribution < -0.4 is 0 Å². The van der Waals surface area contributed by atoms with E-state index in [1.807, 2.05) is 19.1 Å². The third-order valence-corrected chi connectivity index (χ3v) is 9.39. The number of rotatable bonds is 3. The van der Waals surface area contributed by atoms with Crippen LogP contribution in [-0.2, 0) is 9.53 Å². The van der Waals surface area contributed by atoms with Crippen molar-refractivity contribution < 1.29 is 29.6 Å². The molecule has 0 spiro atoms. The summed E-state index contributed by atoms with van der Waals surface area (Å²) in [6.07, 6.45) is 2.18. The van der Waals surface area contributed by atoms with Gasteiger partial charge in [0.2, 0.25) is 0 Å². The molecule has 1 fully saturated rings. The van der Waals surface area contributed by atoms with E-state index in [9.17, 15) is 24.9 Å². The zero-order chi connectivity index (χ0) is 25.0. The van der Waals surface area contributed by atoms with Gasteiger partial charge in [-0.1, -0.05) is 32.9 Å². The van der Waals surface area contributed by atoms with Gasteiger partial charge in [0, 0.05) is 12.3 Å². The number of aliphatic hydroxyl groups is 3. The van der Waals surface area contributed by atoms with Crippen molar-refractivity contribution in [2.75, 3.05) is 6.61 Å². The molecule has 34 heavy (non-hydrogen) atoms. The van der Waals surface area contributed by atoms with Crippen LogP contribution in [0.15, 0.2) is 34.7 Å². The Kier molecular flexibility index (Phi) is 6.70. The minimum Gasteiger partial charge on any atom is -0.450 e. The average Bonchev–Trinajstić information content (AvgIpc) is 3.08. The van der Waals surface area contributed by atoms with Crippen molar-refractivity contribution >= 4 is 23.1 Å². The third kappa shape index (κ3) is 4.21. The number of ketones is 1. The summed E-state index contributed by atoms with van der Waals surface area (Å²) in [6.45, 7) is 9.58. The fourth-order valence-electron chi connectivity index (χ4n) is 6.21. The van der Waals surface area contributed by atoms with Crippen LogP contribution in [0.25, 0.3) is 0 Å². The van der Waals surface area contributed by atoms with Crippen LogP contribution in [0, 0.1) is 36.0 Å². The van der Waals surface area contributed by atoms with Gasteiger partial charge < -0.3 is 20.1 Å². The van der Waals surface area contributed by atoms with Crippen molar-refractivity contribution in [2.24, 2.45) is 29.1 Å². The molecule has 0 saturated heterocycles. The molecule has 3 aliphatic carbocycles. The molecule has 7 heteroatoms. The van der Waals surface area contributed by atoms with E-state index in [0.717, 1.165) is 18.4 Å². The summed E-state index contributed by atoms with van der Waals surface area (Å²) in [5.41, 5.74) is -0.575. The van der Waals surface area contributed by atoms with Crippen molar-refractivity contribution in [3.63, 3.8) is 0 Å². The van der Waals surface area contributed by atoms with Gasteiger partial charge in [-0.05, 0) is 78.0 Å². The predicted octanol–water partition coefficient (Wildman–Crippen LogP) is 3.83.